The van der Waals surface area contributed by atoms with Gasteiger partial charge in [-0.05, 0) is 30.3 Å². The molecule has 0 N–H and O–H groups in total. The molecule has 2 atom stereocenters. The van der Waals surface area contributed by atoms with E-state index in [0.29, 0.717) is 0 Å². The molecule has 1 aromatic carbocycles. The fourth-order valence-electron chi connectivity index (χ4n) is 1.75. The van der Waals surface area contributed by atoms with Crippen LogP contribution in [0.1, 0.15) is 26.2 Å². The number of ether oxygens (including phenoxy) is 1. The molecule has 1 fully saturated rings. The molecule has 0 amide bonds. The molecule has 1 heterocycles. The van der Waals surface area contributed by atoms with Crippen molar-refractivity contribution in [3.63, 3.8) is 0 Å². The predicted molar refractivity (Wildman–Crippen MR) is 66.4 cm³/mol. The van der Waals surface area contributed by atoms with Crippen molar-refractivity contribution < 1.29 is 9.66 Å². The normalized spacial score (nSPS) is 26.8. The SMILES string of the molecule is CCCCC1OC1(Sc1ccccc1)[N+](=O)[O-]. The summed E-state index contributed by atoms with van der Waals surface area (Å²) in [4.78, 5) is 11.7. The lowest BCUT2D eigenvalue weighted by Crippen LogP contribution is -2.22. The van der Waals surface area contributed by atoms with Crippen LogP contribution in [0.2, 0.25) is 0 Å². The number of epoxide rings is 1. The Labute approximate surface area is 105 Å². The molecule has 0 aliphatic carbocycles. The van der Waals surface area contributed by atoms with Gasteiger partial charge in [-0.1, -0.05) is 38.0 Å². The fraction of sp³-hybridized carbons (Fsp3) is 0.500. The average Bonchev–Trinajstić information content (AvgIpc) is 3.02. The summed E-state index contributed by atoms with van der Waals surface area (Å²) >= 11 is 1.20. The molecule has 2 unspecified atom stereocenters. The highest BCUT2D eigenvalue weighted by Gasteiger charge is 2.69. The third kappa shape index (κ3) is 2.61. The van der Waals surface area contributed by atoms with Gasteiger partial charge in [-0.3, -0.25) is 14.9 Å². The van der Waals surface area contributed by atoms with Crippen LogP contribution in [0.4, 0.5) is 0 Å². The number of thioether (sulfide) groups is 1. The molecule has 1 saturated heterocycles. The molecule has 0 saturated carbocycles. The van der Waals surface area contributed by atoms with Crippen LogP contribution in [0, 0.1) is 10.1 Å². The maximum Gasteiger partial charge on any atom is 0.405 e. The standard InChI is InChI=1S/C12H15NO3S/c1-2-3-9-11-12(16-11,13(14)15)17-10-7-5-4-6-8-10/h4-8,11H,2-3,9H2,1H3. The Morgan fingerprint density at radius 3 is 2.76 bits per heavy atom. The van der Waals surface area contributed by atoms with Crippen molar-refractivity contribution >= 4 is 11.8 Å². The summed E-state index contributed by atoms with van der Waals surface area (Å²) in [6, 6.07) is 9.38. The number of nitrogens with zero attached hydrogens (tertiary/aromatic N) is 1. The van der Waals surface area contributed by atoms with Gasteiger partial charge in [0, 0.05) is 4.90 Å². The van der Waals surface area contributed by atoms with Gasteiger partial charge in [0.1, 0.15) is 0 Å². The first-order valence-electron chi connectivity index (χ1n) is 5.75. The lowest BCUT2D eigenvalue weighted by Gasteiger charge is -2.04. The van der Waals surface area contributed by atoms with Crippen LogP contribution in [-0.4, -0.2) is 16.1 Å². The summed E-state index contributed by atoms with van der Waals surface area (Å²) < 4.78 is 5.34. The molecule has 4 nitrogen and oxygen atoms in total. The molecular weight excluding hydrogens is 238 g/mol. The molecule has 2 rings (SSSR count). The summed E-state index contributed by atoms with van der Waals surface area (Å²) in [5.74, 6) is 0. The quantitative estimate of drug-likeness (QED) is 0.338. The molecule has 5 heteroatoms. The maximum atomic E-state index is 11.1. The van der Waals surface area contributed by atoms with Crippen molar-refractivity contribution in [3.8, 4) is 0 Å². The average molecular weight is 253 g/mol. The minimum absolute atomic E-state index is 0.248. The van der Waals surface area contributed by atoms with Crippen LogP contribution in [0.25, 0.3) is 0 Å². The minimum Gasteiger partial charge on any atom is -0.289 e. The van der Waals surface area contributed by atoms with Crippen molar-refractivity contribution in [1.82, 2.24) is 0 Å². The van der Waals surface area contributed by atoms with Crippen LogP contribution in [0.5, 0.6) is 0 Å². The number of unbranched alkanes of at least 4 members (excludes halogenated alkanes) is 1. The van der Waals surface area contributed by atoms with Crippen molar-refractivity contribution in [2.24, 2.45) is 0 Å². The summed E-state index contributed by atoms with van der Waals surface area (Å²) in [7, 11) is 0. The third-order valence-corrected chi connectivity index (χ3v) is 4.05. The number of hydrogen-bond acceptors (Lipinski definition) is 4. The summed E-state index contributed by atoms with van der Waals surface area (Å²) in [5.41, 5.74) is 0. The zero-order valence-corrected chi connectivity index (χ0v) is 10.5. The van der Waals surface area contributed by atoms with E-state index in [-0.39, 0.29) is 11.0 Å². The van der Waals surface area contributed by atoms with Crippen molar-refractivity contribution in [3.05, 3.63) is 40.4 Å². The largest absolute Gasteiger partial charge is 0.405 e. The van der Waals surface area contributed by atoms with Crippen LogP contribution in [-0.2, 0) is 4.74 Å². The van der Waals surface area contributed by atoms with E-state index in [1.54, 1.807) is 0 Å². The van der Waals surface area contributed by atoms with E-state index in [1.165, 1.54) is 11.8 Å². The summed E-state index contributed by atoms with van der Waals surface area (Å²) in [6.45, 7) is 2.07. The number of nitro groups is 1. The molecule has 92 valence electrons. The maximum absolute atomic E-state index is 11.1. The van der Waals surface area contributed by atoms with Crippen LogP contribution < -0.4 is 0 Å². The fourth-order valence-corrected chi connectivity index (χ4v) is 2.86. The van der Waals surface area contributed by atoms with E-state index in [9.17, 15) is 10.1 Å². The first-order chi connectivity index (χ1) is 8.19. The number of benzene rings is 1. The summed E-state index contributed by atoms with van der Waals surface area (Å²) in [5, 5.41) is 9.88. The Hall–Kier alpha value is -1.07. The van der Waals surface area contributed by atoms with Gasteiger partial charge in [0.15, 0.2) is 6.10 Å². The van der Waals surface area contributed by atoms with E-state index in [2.05, 4.69) is 6.92 Å². The van der Waals surface area contributed by atoms with Gasteiger partial charge in [0.25, 0.3) is 0 Å². The Morgan fingerprint density at radius 2 is 2.18 bits per heavy atom. The first kappa shape index (κ1) is 12.4. The molecule has 1 aliphatic heterocycles. The van der Waals surface area contributed by atoms with Gasteiger partial charge in [-0.2, -0.15) is 0 Å². The highest BCUT2D eigenvalue weighted by atomic mass is 32.2. The Bertz CT molecular complexity index is 398. The Kier molecular flexibility index (Phi) is 3.69. The van der Waals surface area contributed by atoms with Gasteiger partial charge < -0.3 is 0 Å². The zero-order valence-electron chi connectivity index (χ0n) is 9.67. The molecule has 17 heavy (non-hydrogen) atoms. The Balaban J connectivity index is 2.03. The monoisotopic (exact) mass is 253 g/mol. The van der Waals surface area contributed by atoms with Crippen molar-refractivity contribution in [2.75, 3.05) is 0 Å². The van der Waals surface area contributed by atoms with Gasteiger partial charge in [0.05, 0.1) is 4.92 Å². The molecule has 1 aliphatic rings. The molecule has 1 aromatic rings. The van der Waals surface area contributed by atoms with E-state index >= 15 is 0 Å². The highest BCUT2D eigenvalue weighted by Crippen LogP contribution is 2.52. The topological polar surface area (TPSA) is 55.7 Å². The second-order valence-corrected chi connectivity index (χ2v) is 5.31. The van der Waals surface area contributed by atoms with Crippen molar-refractivity contribution in [2.45, 2.75) is 42.2 Å². The molecule has 0 spiro atoms. The summed E-state index contributed by atoms with van der Waals surface area (Å²) in [6.07, 6.45) is 2.51. The van der Waals surface area contributed by atoms with E-state index < -0.39 is 5.06 Å². The first-order valence-corrected chi connectivity index (χ1v) is 6.57. The lowest BCUT2D eigenvalue weighted by molar-refractivity contribution is -0.532. The van der Waals surface area contributed by atoms with Crippen LogP contribution in [0.15, 0.2) is 35.2 Å². The molecule has 0 aromatic heterocycles. The smallest absolute Gasteiger partial charge is 0.289 e. The molecule has 0 bridgehead atoms. The van der Waals surface area contributed by atoms with Crippen LogP contribution in [0.3, 0.4) is 0 Å². The third-order valence-electron chi connectivity index (χ3n) is 2.74. The molecular formula is C12H15NO3S. The van der Waals surface area contributed by atoms with Gasteiger partial charge in [-0.15, -0.1) is 0 Å². The number of rotatable bonds is 6. The second kappa shape index (κ2) is 5.06. The van der Waals surface area contributed by atoms with Crippen LogP contribution >= 0.6 is 11.8 Å². The predicted octanol–water partition coefficient (Wildman–Crippen LogP) is 3.30. The van der Waals surface area contributed by atoms with Gasteiger partial charge in [0.2, 0.25) is 0 Å². The second-order valence-electron chi connectivity index (χ2n) is 4.05. The van der Waals surface area contributed by atoms with Crippen molar-refractivity contribution in [1.29, 1.82) is 0 Å². The Morgan fingerprint density at radius 1 is 1.47 bits per heavy atom. The van der Waals surface area contributed by atoms with Gasteiger partial charge >= 0.3 is 5.06 Å². The number of hydrogen-bond donors (Lipinski definition) is 0. The van der Waals surface area contributed by atoms with E-state index in [1.807, 2.05) is 30.3 Å². The lowest BCUT2D eigenvalue weighted by atomic mass is 10.2. The van der Waals surface area contributed by atoms with E-state index in [4.69, 9.17) is 4.74 Å². The van der Waals surface area contributed by atoms with E-state index in [0.717, 1.165) is 24.2 Å². The minimum atomic E-state index is -1.24. The highest BCUT2D eigenvalue weighted by molar-refractivity contribution is 8.00. The molecule has 0 radical (unpaired) electrons. The zero-order chi connectivity index (χ0) is 12.3. The van der Waals surface area contributed by atoms with Gasteiger partial charge in [-0.25, -0.2) is 0 Å².